The molecule has 2 rings (SSSR count). The van der Waals surface area contributed by atoms with Gasteiger partial charge in [-0.1, -0.05) is 35.9 Å². The third-order valence-electron chi connectivity index (χ3n) is 2.69. The van der Waals surface area contributed by atoms with E-state index < -0.39 is 0 Å². The molecule has 0 saturated carbocycles. The van der Waals surface area contributed by atoms with Crippen LogP contribution in [0.5, 0.6) is 11.5 Å². The van der Waals surface area contributed by atoms with Gasteiger partial charge in [0.05, 0.1) is 19.2 Å². The lowest BCUT2D eigenvalue weighted by molar-refractivity contribution is 0.408. The highest BCUT2D eigenvalue weighted by Crippen LogP contribution is 2.42. The number of methoxy groups -OCH3 is 2. The molecule has 16 heavy (non-hydrogen) atoms. The molecule has 0 atom stereocenters. The molecule has 0 bridgehead atoms. The Bertz CT molecular complexity index is 486. The van der Waals surface area contributed by atoms with Crippen molar-refractivity contribution in [2.75, 3.05) is 14.2 Å². The van der Waals surface area contributed by atoms with Crippen molar-refractivity contribution >= 4 is 22.4 Å². The van der Waals surface area contributed by atoms with E-state index in [1.54, 1.807) is 14.2 Å². The first-order valence-corrected chi connectivity index (χ1v) is 5.37. The van der Waals surface area contributed by atoms with Crippen LogP contribution in [0.15, 0.2) is 24.3 Å². The van der Waals surface area contributed by atoms with Crippen LogP contribution in [-0.4, -0.2) is 14.2 Å². The smallest absolute Gasteiger partial charge is 0.145 e. The van der Waals surface area contributed by atoms with Crippen molar-refractivity contribution < 1.29 is 9.47 Å². The number of benzene rings is 2. The average molecular weight is 237 g/mol. The molecule has 0 aliphatic carbocycles. The number of ether oxygens (including phenoxy) is 2. The Morgan fingerprint density at radius 3 is 1.94 bits per heavy atom. The summed E-state index contributed by atoms with van der Waals surface area (Å²) in [6.07, 6.45) is 0. The molecular formula is C13H13ClO2. The van der Waals surface area contributed by atoms with Crippen LogP contribution in [-0.2, 0) is 0 Å². The van der Waals surface area contributed by atoms with Crippen LogP contribution < -0.4 is 9.47 Å². The average Bonchev–Trinajstić information content (AvgIpc) is 2.31. The number of hydrogen-bond acceptors (Lipinski definition) is 2. The van der Waals surface area contributed by atoms with Gasteiger partial charge in [0, 0.05) is 16.3 Å². The van der Waals surface area contributed by atoms with Crippen molar-refractivity contribution in [1.29, 1.82) is 0 Å². The highest BCUT2D eigenvalue weighted by Gasteiger charge is 2.15. The van der Waals surface area contributed by atoms with E-state index in [0.717, 1.165) is 22.1 Å². The van der Waals surface area contributed by atoms with Gasteiger partial charge >= 0.3 is 0 Å². The molecule has 2 aromatic rings. The van der Waals surface area contributed by atoms with Crippen molar-refractivity contribution in [3.05, 3.63) is 34.9 Å². The van der Waals surface area contributed by atoms with E-state index in [1.807, 2.05) is 31.2 Å². The number of halogens is 1. The summed E-state index contributed by atoms with van der Waals surface area (Å²) in [7, 11) is 3.27. The van der Waals surface area contributed by atoms with Crippen LogP contribution in [0, 0.1) is 6.92 Å². The summed E-state index contributed by atoms with van der Waals surface area (Å²) < 4.78 is 10.7. The highest BCUT2D eigenvalue weighted by molar-refractivity contribution is 6.34. The topological polar surface area (TPSA) is 18.5 Å². The van der Waals surface area contributed by atoms with Crippen molar-refractivity contribution in [3.63, 3.8) is 0 Å². The highest BCUT2D eigenvalue weighted by atomic mass is 35.5. The van der Waals surface area contributed by atoms with E-state index in [1.165, 1.54) is 0 Å². The molecule has 0 aliphatic rings. The summed E-state index contributed by atoms with van der Waals surface area (Å²) in [5, 5.41) is 2.60. The monoisotopic (exact) mass is 236 g/mol. The summed E-state index contributed by atoms with van der Waals surface area (Å²) in [5.74, 6) is 1.51. The summed E-state index contributed by atoms with van der Waals surface area (Å²) in [5.41, 5.74) is 0.903. The molecule has 2 aromatic carbocycles. The number of fused-ring (bicyclic) bond motifs is 1. The molecular weight excluding hydrogens is 224 g/mol. The van der Waals surface area contributed by atoms with Gasteiger partial charge < -0.3 is 9.47 Å². The van der Waals surface area contributed by atoms with E-state index in [2.05, 4.69) is 0 Å². The van der Waals surface area contributed by atoms with Crippen molar-refractivity contribution in [1.82, 2.24) is 0 Å². The molecule has 0 radical (unpaired) electrons. The Kier molecular flexibility index (Phi) is 2.92. The maximum absolute atomic E-state index is 6.25. The molecule has 0 amide bonds. The molecule has 0 unspecified atom stereocenters. The summed E-state index contributed by atoms with van der Waals surface area (Å²) in [6, 6.07) is 7.90. The van der Waals surface area contributed by atoms with Gasteiger partial charge in [0.15, 0.2) is 0 Å². The second kappa shape index (κ2) is 4.22. The molecule has 0 saturated heterocycles. The number of rotatable bonds is 2. The minimum Gasteiger partial charge on any atom is -0.496 e. The minimum absolute atomic E-state index is 0.609. The maximum atomic E-state index is 6.25. The van der Waals surface area contributed by atoms with Gasteiger partial charge in [-0.05, 0) is 6.92 Å². The van der Waals surface area contributed by atoms with Gasteiger partial charge in [0.2, 0.25) is 0 Å². The van der Waals surface area contributed by atoms with E-state index in [9.17, 15) is 0 Å². The van der Waals surface area contributed by atoms with Crippen LogP contribution in [0.1, 0.15) is 5.56 Å². The third-order valence-corrected chi connectivity index (χ3v) is 3.15. The first-order chi connectivity index (χ1) is 7.70. The van der Waals surface area contributed by atoms with Gasteiger partial charge in [-0.2, -0.15) is 0 Å². The largest absolute Gasteiger partial charge is 0.496 e. The Balaban J connectivity index is 2.95. The van der Waals surface area contributed by atoms with Crippen LogP contribution in [0.4, 0.5) is 0 Å². The lowest BCUT2D eigenvalue weighted by Crippen LogP contribution is -1.94. The molecule has 0 N–H and O–H groups in total. The quantitative estimate of drug-likeness (QED) is 0.789. The second-order valence-corrected chi connectivity index (χ2v) is 3.93. The van der Waals surface area contributed by atoms with E-state index in [0.29, 0.717) is 10.8 Å². The van der Waals surface area contributed by atoms with Gasteiger partial charge in [0.1, 0.15) is 11.5 Å². The summed E-state index contributed by atoms with van der Waals surface area (Å²) in [4.78, 5) is 0. The molecule has 0 spiro atoms. The Labute approximate surface area is 99.7 Å². The van der Waals surface area contributed by atoms with Crippen LogP contribution in [0.3, 0.4) is 0 Å². The zero-order valence-corrected chi connectivity index (χ0v) is 10.3. The summed E-state index contributed by atoms with van der Waals surface area (Å²) >= 11 is 6.25. The van der Waals surface area contributed by atoms with E-state index in [4.69, 9.17) is 21.1 Å². The third kappa shape index (κ3) is 1.50. The van der Waals surface area contributed by atoms with Crippen molar-refractivity contribution in [2.24, 2.45) is 0 Å². The fraction of sp³-hybridized carbons (Fsp3) is 0.231. The standard InChI is InChI=1S/C13H13ClO2/c1-8-11(14)13(16-3)10-7-5-4-6-9(10)12(8)15-2/h4-7H,1-3H3. The molecule has 84 valence electrons. The van der Waals surface area contributed by atoms with Gasteiger partial charge in [-0.15, -0.1) is 0 Å². The first kappa shape index (κ1) is 11.1. The maximum Gasteiger partial charge on any atom is 0.145 e. The van der Waals surface area contributed by atoms with Gasteiger partial charge in [0.25, 0.3) is 0 Å². The SMILES string of the molecule is COc1c(C)c(Cl)c(OC)c2ccccc12. The fourth-order valence-electron chi connectivity index (χ4n) is 1.93. The van der Waals surface area contributed by atoms with E-state index >= 15 is 0 Å². The second-order valence-electron chi connectivity index (χ2n) is 3.55. The van der Waals surface area contributed by atoms with Gasteiger partial charge in [-0.3, -0.25) is 0 Å². The zero-order valence-electron chi connectivity index (χ0n) is 9.50. The molecule has 0 heterocycles. The molecule has 0 fully saturated rings. The van der Waals surface area contributed by atoms with Gasteiger partial charge in [-0.25, -0.2) is 0 Å². The predicted octanol–water partition coefficient (Wildman–Crippen LogP) is 3.82. The fourth-order valence-corrected chi connectivity index (χ4v) is 2.20. The predicted molar refractivity (Wildman–Crippen MR) is 66.8 cm³/mol. The van der Waals surface area contributed by atoms with Crippen molar-refractivity contribution in [3.8, 4) is 11.5 Å². The molecule has 0 aliphatic heterocycles. The van der Waals surface area contributed by atoms with E-state index in [-0.39, 0.29) is 0 Å². The first-order valence-electron chi connectivity index (χ1n) is 4.99. The zero-order chi connectivity index (χ0) is 11.7. The lowest BCUT2D eigenvalue weighted by Gasteiger charge is -2.15. The normalized spacial score (nSPS) is 10.5. The Morgan fingerprint density at radius 2 is 1.44 bits per heavy atom. The summed E-state index contributed by atoms with van der Waals surface area (Å²) in [6.45, 7) is 1.93. The molecule has 0 aromatic heterocycles. The number of hydrogen-bond donors (Lipinski definition) is 0. The van der Waals surface area contributed by atoms with Crippen LogP contribution >= 0.6 is 11.6 Å². The Hall–Kier alpha value is -1.41. The molecule has 2 nitrogen and oxygen atoms in total. The van der Waals surface area contributed by atoms with Crippen LogP contribution in [0.25, 0.3) is 10.8 Å². The minimum atomic E-state index is 0.609. The lowest BCUT2D eigenvalue weighted by atomic mass is 10.0. The van der Waals surface area contributed by atoms with Crippen molar-refractivity contribution in [2.45, 2.75) is 6.92 Å². The Morgan fingerprint density at radius 1 is 0.938 bits per heavy atom. The molecule has 3 heteroatoms. The van der Waals surface area contributed by atoms with Crippen LogP contribution in [0.2, 0.25) is 5.02 Å².